The average Bonchev–Trinajstić information content (AvgIpc) is 2.04. The quantitative estimate of drug-likeness (QED) is 0.799. The Bertz CT molecular complexity index is 302. The molecule has 1 rings (SSSR count). The maximum atomic E-state index is 12.5. The summed E-state index contributed by atoms with van der Waals surface area (Å²) < 4.78 is 12.5. The number of benzene rings is 1. The van der Waals surface area contributed by atoms with Crippen molar-refractivity contribution in [3.63, 3.8) is 0 Å². The maximum absolute atomic E-state index is 12.5. The van der Waals surface area contributed by atoms with E-state index in [2.05, 4.69) is 0 Å². The topological polar surface area (TPSA) is 69.1 Å². The lowest BCUT2D eigenvalue weighted by Gasteiger charge is -2.08. The van der Waals surface area contributed by atoms with E-state index < -0.39 is 11.9 Å². The summed E-state index contributed by atoms with van der Waals surface area (Å²) in [6.07, 6.45) is 0.0750. The van der Waals surface area contributed by atoms with Crippen molar-refractivity contribution in [2.24, 2.45) is 11.5 Å². The lowest BCUT2D eigenvalue weighted by Crippen LogP contribution is -2.20. The molecular formula is C9H12ClFN2O. The Kier molecular flexibility index (Phi) is 5.12. The van der Waals surface area contributed by atoms with Crippen LogP contribution in [0.3, 0.4) is 0 Å². The Hall–Kier alpha value is -1.13. The van der Waals surface area contributed by atoms with E-state index in [4.69, 9.17) is 11.5 Å². The monoisotopic (exact) mass is 218 g/mol. The molecule has 1 atom stereocenters. The molecule has 14 heavy (non-hydrogen) atoms. The molecule has 0 aromatic heterocycles. The molecule has 0 aliphatic rings. The summed E-state index contributed by atoms with van der Waals surface area (Å²) in [6.45, 7) is 0. The molecule has 3 nitrogen and oxygen atoms in total. The summed E-state index contributed by atoms with van der Waals surface area (Å²) in [5.74, 6) is -0.785. The summed E-state index contributed by atoms with van der Waals surface area (Å²) in [6, 6.07) is 5.25. The van der Waals surface area contributed by atoms with Crippen molar-refractivity contribution in [3.05, 3.63) is 35.6 Å². The summed E-state index contributed by atoms with van der Waals surface area (Å²) in [7, 11) is 0. The predicted molar refractivity (Wildman–Crippen MR) is 54.4 cm³/mol. The van der Waals surface area contributed by atoms with Gasteiger partial charge in [-0.2, -0.15) is 0 Å². The van der Waals surface area contributed by atoms with Crippen molar-refractivity contribution < 1.29 is 9.18 Å². The van der Waals surface area contributed by atoms with E-state index in [9.17, 15) is 9.18 Å². The zero-order valence-electron chi connectivity index (χ0n) is 7.44. The second-order valence-corrected chi connectivity index (χ2v) is 2.83. The number of halogens is 2. The third-order valence-corrected chi connectivity index (χ3v) is 1.72. The van der Waals surface area contributed by atoms with Gasteiger partial charge in [-0.3, -0.25) is 4.79 Å². The zero-order chi connectivity index (χ0) is 9.84. The van der Waals surface area contributed by atoms with Gasteiger partial charge in [-0.1, -0.05) is 12.1 Å². The van der Waals surface area contributed by atoms with Crippen LogP contribution in [0.1, 0.15) is 18.0 Å². The van der Waals surface area contributed by atoms with Crippen molar-refractivity contribution in [1.29, 1.82) is 0 Å². The predicted octanol–water partition coefficient (Wildman–Crippen LogP) is 1.12. The van der Waals surface area contributed by atoms with Gasteiger partial charge < -0.3 is 11.5 Å². The van der Waals surface area contributed by atoms with Crippen LogP contribution in [-0.2, 0) is 4.79 Å². The molecule has 5 heteroatoms. The number of rotatable bonds is 3. The molecule has 0 radical (unpaired) electrons. The molecule has 0 saturated heterocycles. The van der Waals surface area contributed by atoms with Gasteiger partial charge in [-0.15, -0.1) is 12.4 Å². The van der Waals surface area contributed by atoms with Crippen molar-refractivity contribution in [2.45, 2.75) is 12.5 Å². The SMILES string of the molecule is Cl.NC(=O)CC(N)c1ccc(F)cc1. The summed E-state index contributed by atoms with van der Waals surface area (Å²) in [5.41, 5.74) is 11.3. The molecular weight excluding hydrogens is 207 g/mol. The van der Waals surface area contributed by atoms with Gasteiger partial charge in [0.2, 0.25) is 5.91 Å². The van der Waals surface area contributed by atoms with Crippen molar-refractivity contribution >= 4 is 18.3 Å². The maximum Gasteiger partial charge on any atom is 0.219 e. The van der Waals surface area contributed by atoms with Crippen LogP contribution in [0.15, 0.2) is 24.3 Å². The van der Waals surface area contributed by atoms with Crippen molar-refractivity contribution in [1.82, 2.24) is 0 Å². The first kappa shape index (κ1) is 12.9. The smallest absolute Gasteiger partial charge is 0.219 e. The summed E-state index contributed by atoms with van der Waals surface area (Å²) >= 11 is 0. The Morgan fingerprint density at radius 3 is 2.29 bits per heavy atom. The summed E-state index contributed by atoms with van der Waals surface area (Å²) in [4.78, 5) is 10.5. The van der Waals surface area contributed by atoms with Crippen LogP contribution < -0.4 is 11.5 Å². The minimum absolute atomic E-state index is 0. The highest BCUT2D eigenvalue weighted by molar-refractivity contribution is 5.85. The number of nitrogens with two attached hydrogens (primary N) is 2. The van der Waals surface area contributed by atoms with Crippen LogP contribution in [0, 0.1) is 5.82 Å². The first-order valence-electron chi connectivity index (χ1n) is 3.89. The van der Waals surface area contributed by atoms with E-state index in [1.807, 2.05) is 0 Å². The van der Waals surface area contributed by atoms with E-state index in [0.29, 0.717) is 5.56 Å². The van der Waals surface area contributed by atoms with Crippen LogP contribution in [0.4, 0.5) is 4.39 Å². The lowest BCUT2D eigenvalue weighted by atomic mass is 10.0. The van der Waals surface area contributed by atoms with Crippen LogP contribution in [0.2, 0.25) is 0 Å². The standard InChI is InChI=1S/C9H11FN2O.ClH/c10-7-3-1-6(2-4-7)8(11)5-9(12)13;/h1-4,8H,5,11H2,(H2,12,13);1H. The lowest BCUT2D eigenvalue weighted by molar-refractivity contribution is -0.118. The van der Waals surface area contributed by atoms with Gasteiger partial charge in [-0.25, -0.2) is 4.39 Å². The third-order valence-electron chi connectivity index (χ3n) is 1.72. The van der Waals surface area contributed by atoms with Gasteiger partial charge in [0.15, 0.2) is 0 Å². The Balaban J connectivity index is 0.00000169. The van der Waals surface area contributed by atoms with Gasteiger partial charge in [-0.05, 0) is 17.7 Å². The number of hydrogen-bond acceptors (Lipinski definition) is 2. The van der Waals surface area contributed by atoms with Crippen LogP contribution >= 0.6 is 12.4 Å². The molecule has 0 spiro atoms. The molecule has 4 N–H and O–H groups in total. The second-order valence-electron chi connectivity index (χ2n) is 2.83. The number of primary amides is 1. The molecule has 0 saturated carbocycles. The Labute approximate surface area is 87.7 Å². The zero-order valence-corrected chi connectivity index (χ0v) is 8.26. The molecule has 0 fully saturated rings. The van der Waals surface area contributed by atoms with E-state index in [-0.39, 0.29) is 24.6 Å². The second kappa shape index (κ2) is 5.57. The molecule has 0 aliphatic heterocycles. The fourth-order valence-corrected chi connectivity index (χ4v) is 1.04. The van der Waals surface area contributed by atoms with E-state index in [1.54, 1.807) is 12.1 Å². The Morgan fingerprint density at radius 1 is 1.36 bits per heavy atom. The van der Waals surface area contributed by atoms with Gasteiger partial charge in [0.05, 0.1) is 0 Å². The highest BCUT2D eigenvalue weighted by Gasteiger charge is 2.08. The van der Waals surface area contributed by atoms with Crippen LogP contribution in [0.5, 0.6) is 0 Å². The fourth-order valence-electron chi connectivity index (χ4n) is 1.04. The van der Waals surface area contributed by atoms with Gasteiger partial charge in [0.25, 0.3) is 0 Å². The molecule has 0 bridgehead atoms. The highest BCUT2D eigenvalue weighted by atomic mass is 35.5. The van der Waals surface area contributed by atoms with Crippen molar-refractivity contribution in [2.75, 3.05) is 0 Å². The van der Waals surface area contributed by atoms with Crippen LogP contribution in [0.25, 0.3) is 0 Å². The van der Waals surface area contributed by atoms with Gasteiger partial charge in [0, 0.05) is 12.5 Å². The molecule has 78 valence electrons. The molecule has 1 unspecified atom stereocenters. The largest absolute Gasteiger partial charge is 0.370 e. The molecule has 0 heterocycles. The Morgan fingerprint density at radius 2 is 1.86 bits per heavy atom. The fraction of sp³-hybridized carbons (Fsp3) is 0.222. The third kappa shape index (κ3) is 3.72. The summed E-state index contributed by atoms with van der Waals surface area (Å²) in [5, 5.41) is 0. The minimum Gasteiger partial charge on any atom is -0.370 e. The number of hydrogen-bond donors (Lipinski definition) is 2. The van der Waals surface area contributed by atoms with Gasteiger partial charge in [0.1, 0.15) is 5.82 Å². The first-order valence-corrected chi connectivity index (χ1v) is 3.89. The number of carbonyl (C=O) groups is 1. The van der Waals surface area contributed by atoms with Crippen molar-refractivity contribution in [3.8, 4) is 0 Å². The molecule has 1 aromatic carbocycles. The minimum atomic E-state index is -0.461. The highest BCUT2D eigenvalue weighted by Crippen LogP contribution is 2.13. The van der Waals surface area contributed by atoms with Crippen LogP contribution in [-0.4, -0.2) is 5.91 Å². The van der Waals surface area contributed by atoms with E-state index in [1.165, 1.54) is 12.1 Å². The number of carbonyl (C=O) groups excluding carboxylic acids is 1. The van der Waals surface area contributed by atoms with E-state index in [0.717, 1.165) is 0 Å². The van der Waals surface area contributed by atoms with E-state index >= 15 is 0 Å². The molecule has 1 aromatic rings. The first-order chi connectivity index (χ1) is 6.09. The van der Waals surface area contributed by atoms with Gasteiger partial charge >= 0.3 is 0 Å². The molecule has 1 amide bonds. The number of amides is 1. The average molecular weight is 219 g/mol. The molecule has 0 aliphatic carbocycles. The normalized spacial score (nSPS) is 11.6.